The summed E-state index contributed by atoms with van der Waals surface area (Å²) >= 11 is 13.0. The average molecular weight is 367 g/mol. The number of nitrogens with zero attached hydrogens (tertiary/aromatic N) is 1. The maximum absolute atomic E-state index is 12.5. The molecular weight excluding hydrogens is 355 g/mol. The van der Waals surface area contributed by atoms with Crippen molar-refractivity contribution in [3.63, 3.8) is 0 Å². The monoisotopic (exact) mass is 366 g/mol. The molecule has 1 aliphatic rings. The molecule has 2 amide bonds. The molecule has 1 N–H and O–H groups in total. The van der Waals surface area contributed by atoms with E-state index in [0.717, 1.165) is 10.6 Å². The van der Waals surface area contributed by atoms with E-state index in [2.05, 4.69) is 5.32 Å². The minimum Gasteiger partial charge on any atom is -0.325 e. The number of para-hydroxylation sites is 1. The quantitative estimate of drug-likeness (QED) is 0.815. The van der Waals surface area contributed by atoms with E-state index in [1.165, 1.54) is 16.7 Å². The van der Waals surface area contributed by atoms with Crippen LogP contribution in [0.5, 0.6) is 0 Å². The maximum atomic E-state index is 12.5. The first kappa shape index (κ1) is 16.2. The second-order valence-electron chi connectivity index (χ2n) is 4.98. The lowest BCUT2D eigenvalue weighted by atomic mass is 10.2. The fourth-order valence-corrected chi connectivity index (χ4v) is 3.71. The van der Waals surface area contributed by atoms with Crippen LogP contribution in [0, 0.1) is 0 Å². The summed E-state index contributed by atoms with van der Waals surface area (Å²) in [6.07, 6.45) is 0. The summed E-state index contributed by atoms with van der Waals surface area (Å²) in [6, 6.07) is 12.3. The van der Waals surface area contributed by atoms with Gasteiger partial charge in [0.1, 0.15) is 0 Å². The second kappa shape index (κ2) is 6.43. The zero-order chi connectivity index (χ0) is 16.6. The number of rotatable bonds is 2. The topological polar surface area (TPSA) is 49.4 Å². The number of carbonyl (C=O) groups is 2. The van der Waals surface area contributed by atoms with Gasteiger partial charge in [-0.2, -0.15) is 0 Å². The Morgan fingerprint density at radius 2 is 1.91 bits per heavy atom. The van der Waals surface area contributed by atoms with Gasteiger partial charge >= 0.3 is 0 Å². The SMILES string of the molecule is CN1C(=O)C(C(=O)Nc2ccc(Cl)c(Cl)c2)Sc2ccccc21. The molecule has 1 heterocycles. The molecule has 7 heteroatoms. The van der Waals surface area contributed by atoms with Crippen molar-refractivity contribution < 1.29 is 9.59 Å². The molecule has 3 rings (SSSR count). The van der Waals surface area contributed by atoms with Gasteiger partial charge in [0.15, 0.2) is 5.25 Å². The Morgan fingerprint density at radius 3 is 2.65 bits per heavy atom. The second-order valence-corrected chi connectivity index (χ2v) is 6.94. The number of fused-ring (bicyclic) bond motifs is 1. The summed E-state index contributed by atoms with van der Waals surface area (Å²) in [5.41, 5.74) is 1.31. The molecular formula is C16H12Cl2N2O2S. The number of carbonyl (C=O) groups excluding carboxylic acids is 2. The third kappa shape index (κ3) is 3.17. The third-order valence-corrected chi connectivity index (χ3v) is 5.44. The lowest BCUT2D eigenvalue weighted by molar-refractivity contribution is -0.124. The first-order valence-corrected chi connectivity index (χ1v) is 8.40. The molecule has 0 spiro atoms. The van der Waals surface area contributed by atoms with Gasteiger partial charge in [-0.3, -0.25) is 9.59 Å². The number of nitrogens with one attached hydrogen (secondary N) is 1. The van der Waals surface area contributed by atoms with Crippen molar-refractivity contribution >= 4 is 58.2 Å². The summed E-state index contributed by atoms with van der Waals surface area (Å²) in [5.74, 6) is -0.647. The summed E-state index contributed by atoms with van der Waals surface area (Å²) in [4.78, 5) is 27.3. The van der Waals surface area contributed by atoms with Gasteiger partial charge in [-0.1, -0.05) is 35.3 Å². The molecule has 0 aliphatic carbocycles. The standard InChI is InChI=1S/C16H12Cl2N2O2S/c1-20-12-4-2-3-5-13(12)23-14(16(20)22)15(21)19-9-6-7-10(17)11(18)8-9/h2-8,14H,1H3,(H,19,21). The van der Waals surface area contributed by atoms with Crippen LogP contribution in [0.1, 0.15) is 0 Å². The Labute approximate surface area is 147 Å². The number of hydrogen-bond acceptors (Lipinski definition) is 3. The molecule has 1 atom stereocenters. The summed E-state index contributed by atoms with van der Waals surface area (Å²) in [7, 11) is 1.67. The number of halogens is 2. The molecule has 0 bridgehead atoms. The van der Waals surface area contributed by atoms with Crippen molar-refractivity contribution in [1.29, 1.82) is 0 Å². The number of benzene rings is 2. The highest BCUT2D eigenvalue weighted by Crippen LogP contribution is 2.38. The van der Waals surface area contributed by atoms with Crippen LogP contribution >= 0.6 is 35.0 Å². The number of thioether (sulfide) groups is 1. The van der Waals surface area contributed by atoms with E-state index < -0.39 is 5.25 Å². The van der Waals surface area contributed by atoms with Gasteiger partial charge in [-0.25, -0.2) is 0 Å². The summed E-state index contributed by atoms with van der Waals surface area (Å²) in [6.45, 7) is 0. The molecule has 118 valence electrons. The largest absolute Gasteiger partial charge is 0.325 e. The van der Waals surface area contributed by atoms with Gasteiger partial charge in [0.05, 0.1) is 15.7 Å². The Hall–Kier alpha value is -1.69. The van der Waals surface area contributed by atoms with Crippen LogP contribution < -0.4 is 10.2 Å². The highest BCUT2D eigenvalue weighted by atomic mass is 35.5. The van der Waals surface area contributed by atoms with Crippen molar-refractivity contribution in [3.05, 3.63) is 52.5 Å². The van der Waals surface area contributed by atoms with Gasteiger partial charge in [0.2, 0.25) is 11.8 Å². The lowest BCUT2D eigenvalue weighted by Crippen LogP contribution is -2.44. The molecule has 1 aliphatic heterocycles. The normalized spacial score (nSPS) is 16.9. The third-order valence-electron chi connectivity index (χ3n) is 3.45. The van der Waals surface area contributed by atoms with Crippen molar-refractivity contribution in [3.8, 4) is 0 Å². The first-order chi connectivity index (χ1) is 11.0. The van der Waals surface area contributed by atoms with Crippen molar-refractivity contribution in [2.24, 2.45) is 0 Å². The fourth-order valence-electron chi connectivity index (χ4n) is 2.25. The Kier molecular flexibility index (Phi) is 4.53. The number of anilines is 2. The molecule has 1 unspecified atom stereocenters. The van der Waals surface area contributed by atoms with E-state index in [1.807, 2.05) is 24.3 Å². The Morgan fingerprint density at radius 1 is 1.17 bits per heavy atom. The van der Waals surface area contributed by atoms with Crippen molar-refractivity contribution in [1.82, 2.24) is 0 Å². The molecule has 0 aromatic heterocycles. The zero-order valence-electron chi connectivity index (χ0n) is 12.0. The van der Waals surface area contributed by atoms with Gasteiger partial charge in [-0.05, 0) is 30.3 Å². The van der Waals surface area contributed by atoms with Gasteiger partial charge < -0.3 is 10.2 Å². The molecule has 0 radical (unpaired) electrons. The smallest absolute Gasteiger partial charge is 0.249 e. The van der Waals surface area contributed by atoms with E-state index in [1.54, 1.807) is 25.2 Å². The molecule has 0 saturated heterocycles. The Bertz CT molecular complexity index is 797. The van der Waals surface area contributed by atoms with Crippen LogP contribution in [0.15, 0.2) is 47.4 Å². The first-order valence-electron chi connectivity index (χ1n) is 6.76. The van der Waals surface area contributed by atoms with Crippen LogP contribution in [0.2, 0.25) is 10.0 Å². The predicted molar refractivity (Wildman–Crippen MR) is 94.6 cm³/mol. The average Bonchev–Trinajstić information content (AvgIpc) is 2.54. The molecule has 0 fully saturated rings. The van der Waals surface area contributed by atoms with E-state index in [9.17, 15) is 9.59 Å². The minimum atomic E-state index is -0.843. The van der Waals surface area contributed by atoms with E-state index in [0.29, 0.717) is 15.7 Å². The zero-order valence-corrected chi connectivity index (χ0v) is 14.4. The number of amides is 2. The van der Waals surface area contributed by atoms with Crippen LogP contribution in [0.3, 0.4) is 0 Å². The van der Waals surface area contributed by atoms with E-state index >= 15 is 0 Å². The van der Waals surface area contributed by atoms with Gasteiger partial charge in [0, 0.05) is 17.6 Å². The molecule has 23 heavy (non-hydrogen) atoms. The maximum Gasteiger partial charge on any atom is 0.249 e. The fraction of sp³-hybridized carbons (Fsp3) is 0.125. The van der Waals surface area contributed by atoms with E-state index in [4.69, 9.17) is 23.2 Å². The molecule has 2 aromatic rings. The van der Waals surface area contributed by atoms with Crippen LogP contribution in [0.25, 0.3) is 0 Å². The number of hydrogen-bond donors (Lipinski definition) is 1. The van der Waals surface area contributed by atoms with Crippen molar-refractivity contribution in [2.75, 3.05) is 17.3 Å². The summed E-state index contributed by atoms with van der Waals surface area (Å²) in [5, 5.41) is 2.61. The van der Waals surface area contributed by atoms with Crippen LogP contribution in [0.4, 0.5) is 11.4 Å². The molecule has 2 aromatic carbocycles. The summed E-state index contributed by atoms with van der Waals surface area (Å²) < 4.78 is 0. The highest BCUT2D eigenvalue weighted by molar-refractivity contribution is 8.01. The molecule has 0 saturated carbocycles. The van der Waals surface area contributed by atoms with Crippen LogP contribution in [-0.2, 0) is 9.59 Å². The van der Waals surface area contributed by atoms with Gasteiger partial charge in [-0.15, -0.1) is 11.8 Å². The highest BCUT2D eigenvalue weighted by Gasteiger charge is 2.36. The Balaban J connectivity index is 1.82. The van der Waals surface area contributed by atoms with Gasteiger partial charge in [0.25, 0.3) is 0 Å². The van der Waals surface area contributed by atoms with Crippen LogP contribution in [-0.4, -0.2) is 24.1 Å². The lowest BCUT2D eigenvalue weighted by Gasteiger charge is -2.30. The van der Waals surface area contributed by atoms with Crippen molar-refractivity contribution in [2.45, 2.75) is 10.1 Å². The van der Waals surface area contributed by atoms with E-state index in [-0.39, 0.29) is 11.8 Å². The molecule has 4 nitrogen and oxygen atoms in total. The minimum absolute atomic E-state index is 0.258. The predicted octanol–water partition coefficient (Wildman–Crippen LogP) is 4.07.